The summed E-state index contributed by atoms with van der Waals surface area (Å²) in [5.41, 5.74) is 1.29. The van der Waals surface area contributed by atoms with Crippen molar-refractivity contribution < 1.29 is 0 Å². The van der Waals surface area contributed by atoms with Gasteiger partial charge in [0.05, 0.1) is 0 Å². The standard InChI is InChI=1S/C15H24ClN/c1-4-12(3)10-13(11-17-5-2)14-8-6-7-9-15(14)16/h6-9,12-13,17H,4-5,10-11H2,1-3H3. The van der Waals surface area contributed by atoms with E-state index in [9.17, 15) is 0 Å². The Morgan fingerprint density at radius 3 is 2.53 bits per heavy atom. The van der Waals surface area contributed by atoms with E-state index in [0.717, 1.165) is 24.0 Å². The summed E-state index contributed by atoms with van der Waals surface area (Å²) in [6.45, 7) is 8.75. The van der Waals surface area contributed by atoms with Gasteiger partial charge in [0.2, 0.25) is 0 Å². The Kier molecular flexibility index (Phi) is 6.61. The van der Waals surface area contributed by atoms with Gasteiger partial charge in [0.1, 0.15) is 0 Å². The van der Waals surface area contributed by atoms with Gasteiger partial charge < -0.3 is 5.32 Å². The molecule has 0 saturated heterocycles. The lowest BCUT2D eigenvalue weighted by Crippen LogP contribution is -2.22. The Balaban J connectivity index is 2.78. The van der Waals surface area contributed by atoms with E-state index in [0.29, 0.717) is 5.92 Å². The number of benzene rings is 1. The minimum absolute atomic E-state index is 0.526. The van der Waals surface area contributed by atoms with Crippen molar-refractivity contribution in [3.05, 3.63) is 34.9 Å². The van der Waals surface area contributed by atoms with Crippen LogP contribution < -0.4 is 5.32 Å². The van der Waals surface area contributed by atoms with Crippen LogP contribution in [0, 0.1) is 5.92 Å². The first-order valence-electron chi connectivity index (χ1n) is 6.64. The zero-order valence-corrected chi connectivity index (χ0v) is 11.9. The molecule has 0 amide bonds. The summed E-state index contributed by atoms with van der Waals surface area (Å²) in [4.78, 5) is 0. The predicted octanol–water partition coefficient (Wildman–Crippen LogP) is 4.47. The molecule has 0 spiro atoms. The Hall–Kier alpha value is -0.530. The molecule has 1 nitrogen and oxygen atoms in total. The summed E-state index contributed by atoms with van der Waals surface area (Å²) < 4.78 is 0. The summed E-state index contributed by atoms with van der Waals surface area (Å²) in [5, 5.41) is 4.35. The van der Waals surface area contributed by atoms with E-state index < -0.39 is 0 Å². The Morgan fingerprint density at radius 1 is 1.24 bits per heavy atom. The first-order valence-corrected chi connectivity index (χ1v) is 7.01. The van der Waals surface area contributed by atoms with Gasteiger partial charge in [0.25, 0.3) is 0 Å². The van der Waals surface area contributed by atoms with Gasteiger partial charge in [0.15, 0.2) is 0 Å². The van der Waals surface area contributed by atoms with Crippen molar-refractivity contribution in [2.45, 2.75) is 39.5 Å². The van der Waals surface area contributed by atoms with Crippen LogP contribution in [0.25, 0.3) is 0 Å². The van der Waals surface area contributed by atoms with Crippen LogP contribution in [0.5, 0.6) is 0 Å². The zero-order valence-electron chi connectivity index (χ0n) is 11.2. The monoisotopic (exact) mass is 253 g/mol. The maximum absolute atomic E-state index is 6.30. The summed E-state index contributed by atoms with van der Waals surface area (Å²) in [6, 6.07) is 8.23. The van der Waals surface area contributed by atoms with Crippen molar-refractivity contribution in [1.29, 1.82) is 0 Å². The SMILES string of the molecule is CCNCC(CC(C)CC)c1ccccc1Cl. The van der Waals surface area contributed by atoms with Crippen LogP contribution >= 0.6 is 11.6 Å². The molecule has 96 valence electrons. The quantitative estimate of drug-likeness (QED) is 0.756. The van der Waals surface area contributed by atoms with Gasteiger partial charge in [0, 0.05) is 11.6 Å². The van der Waals surface area contributed by atoms with Crippen molar-refractivity contribution in [1.82, 2.24) is 5.32 Å². The van der Waals surface area contributed by atoms with E-state index in [4.69, 9.17) is 11.6 Å². The molecule has 0 radical (unpaired) electrons. The molecule has 1 aromatic carbocycles. The van der Waals surface area contributed by atoms with Crippen LogP contribution in [0.1, 0.15) is 45.1 Å². The number of halogens is 1. The highest BCUT2D eigenvalue weighted by Crippen LogP contribution is 2.29. The molecule has 2 unspecified atom stereocenters. The maximum atomic E-state index is 6.30. The van der Waals surface area contributed by atoms with Crippen LogP contribution in [-0.2, 0) is 0 Å². The molecule has 1 rings (SSSR count). The second kappa shape index (κ2) is 7.73. The molecular weight excluding hydrogens is 230 g/mol. The Morgan fingerprint density at radius 2 is 1.94 bits per heavy atom. The topological polar surface area (TPSA) is 12.0 Å². The fourth-order valence-electron chi connectivity index (χ4n) is 2.10. The highest BCUT2D eigenvalue weighted by Gasteiger charge is 2.16. The first kappa shape index (κ1) is 14.5. The third-order valence-electron chi connectivity index (χ3n) is 3.37. The number of likely N-dealkylation sites (N-methyl/N-ethyl adjacent to an activating group) is 1. The first-order chi connectivity index (χ1) is 8.19. The van der Waals surface area contributed by atoms with Crippen LogP contribution in [0.15, 0.2) is 24.3 Å². The molecular formula is C15H24ClN. The molecule has 0 saturated carbocycles. The largest absolute Gasteiger partial charge is 0.316 e. The number of rotatable bonds is 7. The minimum Gasteiger partial charge on any atom is -0.316 e. The molecule has 0 fully saturated rings. The average Bonchev–Trinajstić information content (AvgIpc) is 2.35. The predicted molar refractivity (Wildman–Crippen MR) is 76.8 cm³/mol. The van der Waals surface area contributed by atoms with Crippen LogP contribution in [0.3, 0.4) is 0 Å². The van der Waals surface area contributed by atoms with E-state index in [1.54, 1.807) is 0 Å². The molecule has 0 aliphatic heterocycles. The van der Waals surface area contributed by atoms with Crippen LogP contribution in [0.2, 0.25) is 5.02 Å². The molecule has 0 aromatic heterocycles. The molecule has 17 heavy (non-hydrogen) atoms. The lowest BCUT2D eigenvalue weighted by atomic mass is 9.88. The number of hydrogen-bond acceptors (Lipinski definition) is 1. The van der Waals surface area contributed by atoms with E-state index in [2.05, 4.69) is 38.2 Å². The van der Waals surface area contributed by atoms with E-state index >= 15 is 0 Å². The highest BCUT2D eigenvalue weighted by molar-refractivity contribution is 6.31. The molecule has 0 heterocycles. The van der Waals surface area contributed by atoms with Gasteiger partial charge in [-0.3, -0.25) is 0 Å². The lowest BCUT2D eigenvalue weighted by Gasteiger charge is -2.22. The molecule has 1 aromatic rings. The summed E-state index contributed by atoms with van der Waals surface area (Å²) >= 11 is 6.30. The Labute approximate surface area is 111 Å². The van der Waals surface area contributed by atoms with Crippen LogP contribution in [0.4, 0.5) is 0 Å². The third-order valence-corrected chi connectivity index (χ3v) is 3.71. The molecule has 0 aliphatic carbocycles. The van der Waals surface area contributed by atoms with Crippen molar-refractivity contribution in [3.63, 3.8) is 0 Å². The van der Waals surface area contributed by atoms with E-state index in [1.165, 1.54) is 18.4 Å². The molecule has 2 atom stereocenters. The van der Waals surface area contributed by atoms with Crippen molar-refractivity contribution in [2.24, 2.45) is 5.92 Å². The van der Waals surface area contributed by atoms with Gasteiger partial charge in [-0.25, -0.2) is 0 Å². The third kappa shape index (κ3) is 4.69. The van der Waals surface area contributed by atoms with Crippen molar-refractivity contribution >= 4 is 11.6 Å². The second-order valence-electron chi connectivity index (χ2n) is 4.78. The summed E-state index contributed by atoms with van der Waals surface area (Å²) in [6.07, 6.45) is 2.43. The normalized spacial score (nSPS) is 14.6. The molecule has 0 bridgehead atoms. The van der Waals surface area contributed by atoms with E-state index in [1.807, 2.05) is 12.1 Å². The fraction of sp³-hybridized carbons (Fsp3) is 0.600. The Bertz CT molecular complexity index is 324. The van der Waals surface area contributed by atoms with Crippen molar-refractivity contribution in [2.75, 3.05) is 13.1 Å². The zero-order chi connectivity index (χ0) is 12.7. The smallest absolute Gasteiger partial charge is 0.0441 e. The average molecular weight is 254 g/mol. The summed E-state index contributed by atoms with van der Waals surface area (Å²) in [5.74, 6) is 1.27. The van der Waals surface area contributed by atoms with Gasteiger partial charge >= 0.3 is 0 Å². The molecule has 0 aliphatic rings. The lowest BCUT2D eigenvalue weighted by molar-refractivity contribution is 0.439. The van der Waals surface area contributed by atoms with Crippen molar-refractivity contribution in [3.8, 4) is 0 Å². The van der Waals surface area contributed by atoms with Gasteiger partial charge in [-0.15, -0.1) is 0 Å². The second-order valence-corrected chi connectivity index (χ2v) is 5.18. The number of hydrogen-bond donors (Lipinski definition) is 1. The highest BCUT2D eigenvalue weighted by atomic mass is 35.5. The van der Waals surface area contributed by atoms with Gasteiger partial charge in [-0.2, -0.15) is 0 Å². The van der Waals surface area contributed by atoms with Gasteiger partial charge in [-0.05, 0) is 36.4 Å². The molecule has 2 heteroatoms. The van der Waals surface area contributed by atoms with Crippen LogP contribution in [-0.4, -0.2) is 13.1 Å². The molecule has 1 N–H and O–H groups in total. The fourth-order valence-corrected chi connectivity index (χ4v) is 2.39. The van der Waals surface area contributed by atoms with Gasteiger partial charge in [-0.1, -0.05) is 57.0 Å². The summed E-state index contributed by atoms with van der Waals surface area (Å²) in [7, 11) is 0. The number of nitrogens with one attached hydrogen (secondary N) is 1. The maximum Gasteiger partial charge on any atom is 0.0441 e. The van der Waals surface area contributed by atoms with E-state index in [-0.39, 0.29) is 0 Å². The minimum atomic E-state index is 0.526.